The minimum absolute atomic E-state index is 0.0663. The fourth-order valence-corrected chi connectivity index (χ4v) is 5.74. The molecule has 0 amide bonds. The van der Waals surface area contributed by atoms with Crippen molar-refractivity contribution in [3.8, 4) is 0 Å². The van der Waals surface area contributed by atoms with Crippen LogP contribution in [0.1, 0.15) is 214 Å². The molecule has 6 nitrogen and oxygen atoms in total. The van der Waals surface area contributed by atoms with Gasteiger partial charge in [-0.15, -0.1) is 0 Å². The number of esters is 3. The second-order valence-electron chi connectivity index (χ2n) is 14.0. The summed E-state index contributed by atoms with van der Waals surface area (Å²) in [5, 5.41) is 0. The predicted octanol–water partition coefficient (Wildman–Crippen LogP) is 12.0. The van der Waals surface area contributed by atoms with Crippen molar-refractivity contribution in [2.75, 3.05) is 13.2 Å². The minimum atomic E-state index is -0.756. The largest absolute Gasteiger partial charge is 0.462 e. The van der Waals surface area contributed by atoms with Crippen molar-refractivity contribution >= 4 is 17.9 Å². The normalized spacial score (nSPS) is 11.9. The Kier molecular flexibility index (Phi) is 33.5. The summed E-state index contributed by atoms with van der Waals surface area (Å²) in [6, 6.07) is 0. The highest BCUT2D eigenvalue weighted by molar-refractivity contribution is 5.71. The summed E-state index contributed by atoms with van der Waals surface area (Å²) >= 11 is 0. The zero-order chi connectivity index (χ0) is 33.9. The summed E-state index contributed by atoms with van der Waals surface area (Å²) in [4.78, 5) is 37.2. The standard InChI is InChI=1S/C40H76O6/c1-5-7-9-11-12-13-14-15-16-17-20-24-28-32-39(42)45-35-37(34-44-38(41)31-27-22-10-8-6-2)46-40(43)33-29-25-21-18-19-23-26-30-36(3)4/h36-37H,5-35H2,1-4H3/t37-/m1/s1. The minimum Gasteiger partial charge on any atom is -0.462 e. The number of hydrogen-bond acceptors (Lipinski definition) is 6. The number of rotatable bonds is 35. The van der Waals surface area contributed by atoms with Crippen LogP contribution >= 0.6 is 0 Å². The van der Waals surface area contributed by atoms with E-state index in [9.17, 15) is 14.4 Å². The molecule has 0 radical (unpaired) electrons. The van der Waals surface area contributed by atoms with Gasteiger partial charge in [0.15, 0.2) is 6.10 Å². The van der Waals surface area contributed by atoms with E-state index in [-0.39, 0.29) is 31.1 Å². The van der Waals surface area contributed by atoms with Crippen LogP contribution in [0.3, 0.4) is 0 Å². The second-order valence-corrected chi connectivity index (χ2v) is 14.0. The molecule has 0 N–H and O–H groups in total. The maximum atomic E-state index is 12.6. The molecular formula is C40H76O6. The molecule has 6 heteroatoms. The first-order valence-electron chi connectivity index (χ1n) is 19.9. The highest BCUT2D eigenvalue weighted by atomic mass is 16.6. The Morgan fingerprint density at radius 3 is 1.07 bits per heavy atom. The molecule has 0 aliphatic heterocycles. The van der Waals surface area contributed by atoms with E-state index >= 15 is 0 Å². The summed E-state index contributed by atoms with van der Waals surface area (Å²) in [7, 11) is 0. The van der Waals surface area contributed by atoms with Crippen LogP contribution in [0.15, 0.2) is 0 Å². The van der Waals surface area contributed by atoms with E-state index in [4.69, 9.17) is 14.2 Å². The number of unbranched alkanes of at least 4 members (excludes halogenated alkanes) is 22. The Hall–Kier alpha value is -1.59. The van der Waals surface area contributed by atoms with Crippen LogP contribution in [0.4, 0.5) is 0 Å². The summed E-state index contributed by atoms with van der Waals surface area (Å²) < 4.78 is 16.5. The lowest BCUT2D eigenvalue weighted by molar-refractivity contribution is -0.167. The lowest BCUT2D eigenvalue weighted by atomic mass is 10.0. The zero-order valence-electron chi connectivity index (χ0n) is 31.0. The van der Waals surface area contributed by atoms with Gasteiger partial charge in [0.2, 0.25) is 0 Å². The zero-order valence-corrected chi connectivity index (χ0v) is 31.0. The molecule has 0 aromatic rings. The van der Waals surface area contributed by atoms with Crippen molar-refractivity contribution in [1.29, 1.82) is 0 Å². The van der Waals surface area contributed by atoms with Crippen LogP contribution in [-0.4, -0.2) is 37.2 Å². The molecule has 0 unspecified atom stereocenters. The molecule has 0 heterocycles. The van der Waals surface area contributed by atoms with E-state index in [0.717, 1.165) is 70.1 Å². The first kappa shape index (κ1) is 44.4. The first-order chi connectivity index (χ1) is 22.4. The van der Waals surface area contributed by atoms with E-state index in [1.54, 1.807) is 0 Å². The maximum absolute atomic E-state index is 12.6. The molecule has 0 aliphatic rings. The Labute approximate surface area is 285 Å². The van der Waals surface area contributed by atoms with E-state index in [1.165, 1.54) is 103 Å². The van der Waals surface area contributed by atoms with Crippen LogP contribution < -0.4 is 0 Å². The molecule has 0 rings (SSSR count). The smallest absolute Gasteiger partial charge is 0.306 e. The number of carbonyl (C=O) groups is 3. The summed E-state index contributed by atoms with van der Waals surface area (Å²) in [6.07, 6.45) is 31.2. The highest BCUT2D eigenvalue weighted by Crippen LogP contribution is 2.15. The van der Waals surface area contributed by atoms with Crippen molar-refractivity contribution < 1.29 is 28.6 Å². The van der Waals surface area contributed by atoms with Gasteiger partial charge in [-0.25, -0.2) is 0 Å². The molecule has 0 bridgehead atoms. The van der Waals surface area contributed by atoms with Crippen molar-refractivity contribution in [3.05, 3.63) is 0 Å². The number of hydrogen-bond donors (Lipinski definition) is 0. The monoisotopic (exact) mass is 653 g/mol. The molecule has 272 valence electrons. The van der Waals surface area contributed by atoms with Gasteiger partial charge in [0.25, 0.3) is 0 Å². The third-order valence-electron chi connectivity index (χ3n) is 8.79. The quantitative estimate of drug-likeness (QED) is 0.0385. The Morgan fingerprint density at radius 1 is 0.413 bits per heavy atom. The molecule has 0 spiro atoms. The molecule has 0 aliphatic carbocycles. The third kappa shape index (κ3) is 33.8. The molecule has 0 fully saturated rings. The summed E-state index contributed by atoms with van der Waals surface area (Å²) in [6.45, 7) is 8.84. The van der Waals surface area contributed by atoms with Gasteiger partial charge in [-0.1, -0.05) is 175 Å². The van der Waals surface area contributed by atoms with Crippen LogP contribution in [0.5, 0.6) is 0 Å². The third-order valence-corrected chi connectivity index (χ3v) is 8.79. The molecule has 0 saturated carbocycles. The fraction of sp³-hybridized carbons (Fsp3) is 0.925. The van der Waals surface area contributed by atoms with Gasteiger partial charge in [-0.3, -0.25) is 14.4 Å². The maximum Gasteiger partial charge on any atom is 0.306 e. The van der Waals surface area contributed by atoms with E-state index in [1.807, 2.05) is 0 Å². The fourth-order valence-electron chi connectivity index (χ4n) is 5.74. The topological polar surface area (TPSA) is 78.9 Å². The Morgan fingerprint density at radius 2 is 0.717 bits per heavy atom. The lowest BCUT2D eigenvalue weighted by Crippen LogP contribution is -2.30. The molecule has 46 heavy (non-hydrogen) atoms. The average molecular weight is 653 g/mol. The van der Waals surface area contributed by atoms with E-state index < -0.39 is 6.10 Å². The van der Waals surface area contributed by atoms with Crippen molar-refractivity contribution in [2.45, 2.75) is 220 Å². The number of ether oxygens (including phenoxy) is 3. The highest BCUT2D eigenvalue weighted by Gasteiger charge is 2.19. The van der Waals surface area contributed by atoms with Gasteiger partial charge >= 0.3 is 17.9 Å². The van der Waals surface area contributed by atoms with Gasteiger partial charge in [0, 0.05) is 19.3 Å². The molecule has 1 atom stereocenters. The van der Waals surface area contributed by atoms with Crippen molar-refractivity contribution in [2.24, 2.45) is 5.92 Å². The molecule has 0 aromatic carbocycles. The van der Waals surface area contributed by atoms with Gasteiger partial charge in [0.1, 0.15) is 13.2 Å². The lowest BCUT2D eigenvalue weighted by Gasteiger charge is -2.18. The van der Waals surface area contributed by atoms with Crippen LogP contribution in [0, 0.1) is 5.92 Å². The van der Waals surface area contributed by atoms with E-state index in [0.29, 0.717) is 19.3 Å². The molecule has 0 saturated heterocycles. The van der Waals surface area contributed by atoms with Crippen LogP contribution in [0.25, 0.3) is 0 Å². The average Bonchev–Trinajstić information content (AvgIpc) is 3.03. The van der Waals surface area contributed by atoms with E-state index in [2.05, 4.69) is 27.7 Å². The summed E-state index contributed by atoms with van der Waals surface area (Å²) in [5.74, 6) is -0.101. The SMILES string of the molecule is CCCCCCCCCCCCCCCC(=O)OC[C@@H](COC(=O)CCCCCCC)OC(=O)CCCCCCCCCC(C)C. The Balaban J connectivity index is 4.24. The molecular weight excluding hydrogens is 576 g/mol. The first-order valence-corrected chi connectivity index (χ1v) is 19.9. The van der Waals surface area contributed by atoms with Gasteiger partial charge in [-0.05, 0) is 25.2 Å². The molecule has 0 aromatic heterocycles. The second kappa shape index (κ2) is 34.7. The predicted molar refractivity (Wildman–Crippen MR) is 192 cm³/mol. The van der Waals surface area contributed by atoms with Gasteiger partial charge in [-0.2, -0.15) is 0 Å². The van der Waals surface area contributed by atoms with Crippen molar-refractivity contribution in [1.82, 2.24) is 0 Å². The van der Waals surface area contributed by atoms with Crippen molar-refractivity contribution in [3.63, 3.8) is 0 Å². The van der Waals surface area contributed by atoms with Gasteiger partial charge in [0.05, 0.1) is 0 Å². The van der Waals surface area contributed by atoms with Crippen LogP contribution in [0.2, 0.25) is 0 Å². The Bertz CT molecular complexity index is 691. The number of carbonyl (C=O) groups excluding carboxylic acids is 3. The van der Waals surface area contributed by atoms with Crippen LogP contribution in [-0.2, 0) is 28.6 Å². The summed E-state index contributed by atoms with van der Waals surface area (Å²) in [5.41, 5.74) is 0. The van der Waals surface area contributed by atoms with Gasteiger partial charge < -0.3 is 14.2 Å².